The van der Waals surface area contributed by atoms with Crippen molar-refractivity contribution in [1.29, 1.82) is 0 Å². The van der Waals surface area contributed by atoms with Crippen LogP contribution in [0, 0.1) is 0 Å². The summed E-state index contributed by atoms with van der Waals surface area (Å²) in [6.07, 6.45) is -7.55. The molecule has 1 atom stereocenters. The van der Waals surface area contributed by atoms with Crippen LogP contribution >= 0.6 is 0 Å². The van der Waals surface area contributed by atoms with Crippen LogP contribution in [-0.2, 0) is 11.3 Å². The van der Waals surface area contributed by atoms with Crippen molar-refractivity contribution in [2.45, 2.75) is 45.1 Å². The van der Waals surface area contributed by atoms with E-state index in [0.717, 1.165) is 19.4 Å². The number of fused-ring (bicyclic) bond motifs is 1. The molecule has 0 saturated carbocycles. The van der Waals surface area contributed by atoms with Gasteiger partial charge in [-0.25, -0.2) is 0 Å². The van der Waals surface area contributed by atoms with Gasteiger partial charge in [0.05, 0.1) is 12.2 Å². The van der Waals surface area contributed by atoms with Crippen molar-refractivity contribution in [3.05, 3.63) is 54.1 Å². The van der Waals surface area contributed by atoms with E-state index in [2.05, 4.69) is 0 Å². The number of anilines is 2. The molecule has 166 valence electrons. The first kappa shape index (κ1) is 22.5. The van der Waals surface area contributed by atoms with Gasteiger partial charge in [0.1, 0.15) is 17.4 Å². The molecule has 0 fully saturated rings. The molecule has 1 heterocycles. The number of carbonyl (C=O) groups excluding carboxylic acids is 2. The Kier molecular flexibility index (Phi) is 5.89. The second-order valence-corrected chi connectivity index (χ2v) is 7.89. The summed E-state index contributed by atoms with van der Waals surface area (Å²) < 4.78 is 46.4. The second-order valence-electron chi connectivity index (χ2n) is 7.89. The van der Waals surface area contributed by atoms with Gasteiger partial charge in [0.15, 0.2) is 11.9 Å². The molecule has 31 heavy (non-hydrogen) atoms. The van der Waals surface area contributed by atoms with Crippen molar-refractivity contribution in [2.75, 3.05) is 16.3 Å². The summed E-state index contributed by atoms with van der Waals surface area (Å²) in [7, 11) is 0. The lowest BCUT2D eigenvalue weighted by molar-refractivity contribution is -0.254. The minimum absolute atomic E-state index is 0.175. The zero-order chi connectivity index (χ0) is 23.0. The third-order valence-corrected chi connectivity index (χ3v) is 5.30. The maximum absolute atomic E-state index is 13.6. The fourth-order valence-electron chi connectivity index (χ4n) is 3.43. The summed E-state index contributed by atoms with van der Waals surface area (Å²) in [6.45, 7) is 3.47. The van der Waals surface area contributed by atoms with E-state index in [9.17, 15) is 27.9 Å². The lowest BCUT2D eigenvalue weighted by atomic mass is 10.0. The summed E-state index contributed by atoms with van der Waals surface area (Å²) >= 11 is 0. The standard InChI is InChI=1S/C22H23F3N2O4/c1-14(28)19-13-26(12-15-7-5-4-6-8-15)17-11-16(9-10-18(17)31-19)27(20(29)30)21(2,3)22(23,24)25/h4-11,19H,12-13H2,1-3H3,(H,29,30)/p-1/t19-/m1/s1. The molecule has 1 amide bonds. The Labute approximate surface area is 177 Å². The van der Waals surface area contributed by atoms with E-state index in [1.807, 2.05) is 30.3 Å². The molecule has 0 spiro atoms. The van der Waals surface area contributed by atoms with Gasteiger partial charge in [0.25, 0.3) is 0 Å². The zero-order valence-electron chi connectivity index (χ0n) is 17.3. The Morgan fingerprint density at radius 1 is 1.16 bits per heavy atom. The van der Waals surface area contributed by atoms with Gasteiger partial charge < -0.3 is 24.4 Å². The number of nitrogens with zero attached hydrogens (tertiary/aromatic N) is 2. The van der Waals surface area contributed by atoms with Gasteiger partial charge in [-0.05, 0) is 44.5 Å². The Morgan fingerprint density at radius 3 is 2.35 bits per heavy atom. The molecule has 9 heteroatoms. The van der Waals surface area contributed by atoms with Crippen LogP contribution in [0.15, 0.2) is 48.5 Å². The maximum Gasteiger partial charge on any atom is 0.411 e. The van der Waals surface area contributed by atoms with Gasteiger partial charge >= 0.3 is 6.18 Å². The normalized spacial score (nSPS) is 16.3. The van der Waals surface area contributed by atoms with E-state index in [0.29, 0.717) is 12.2 Å². The largest absolute Gasteiger partial charge is 0.530 e. The van der Waals surface area contributed by atoms with Crippen LogP contribution in [-0.4, -0.2) is 36.2 Å². The number of benzene rings is 2. The number of ketones is 1. The van der Waals surface area contributed by atoms with E-state index < -0.39 is 23.9 Å². The fraction of sp³-hybridized carbons (Fsp3) is 0.364. The first-order chi connectivity index (χ1) is 14.4. The van der Waals surface area contributed by atoms with Crippen LogP contribution < -0.4 is 19.6 Å². The number of carboxylic acid groups (broad SMARTS) is 1. The lowest BCUT2D eigenvalue weighted by Crippen LogP contribution is -2.60. The highest BCUT2D eigenvalue weighted by molar-refractivity contribution is 5.89. The molecular formula is C22H22F3N2O4-. The smallest absolute Gasteiger partial charge is 0.411 e. The van der Waals surface area contributed by atoms with Crippen LogP contribution in [0.1, 0.15) is 26.3 Å². The van der Waals surface area contributed by atoms with E-state index in [1.54, 1.807) is 4.90 Å². The number of ether oxygens (including phenoxy) is 1. The number of amides is 1. The van der Waals surface area contributed by atoms with Gasteiger partial charge in [-0.3, -0.25) is 4.79 Å². The number of hydrogen-bond donors (Lipinski definition) is 0. The summed E-state index contributed by atoms with van der Waals surface area (Å²) in [5.74, 6) is 0.0941. The molecule has 1 aliphatic rings. The quantitative estimate of drug-likeness (QED) is 0.719. The molecule has 3 rings (SSSR count). The summed E-state index contributed by atoms with van der Waals surface area (Å²) in [5, 5.41) is 11.7. The van der Waals surface area contributed by atoms with Crippen LogP contribution in [0.4, 0.5) is 29.3 Å². The average Bonchev–Trinajstić information content (AvgIpc) is 2.67. The minimum atomic E-state index is -4.83. The molecule has 6 nitrogen and oxygen atoms in total. The number of rotatable bonds is 5. The number of Topliss-reactive ketones (excluding diaryl/α,β-unsaturated/α-hetero) is 1. The molecule has 0 unspecified atom stereocenters. The molecule has 0 saturated heterocycles. The first-order valence-electron chi connectivity index (χ1n) is 9.60. The number of halogens is 3. The van der Waals surface area contributed by atoms with E-state index in [-0.39, 0.29) is 28.7 Å². The molecule has 1 aliphatic heterocycles. The van der Waals surface area contributed by atoms with Crippen molar-refractivity contribution in [3.8, 4) is 5.75 Å². The van der Waals surface area contributed by atoms with E-state index in [1.165, 1.54) is 25.1 Å². The lowest BCUT2D eigenvalue weighted by Gasteiger charge is -2.42. The SMILES string of the molecule is CC(=O)[C@H]1CN(Cc2ccccc2)c2cc(N(C(=O)[O-])C(C)(C)C(F)(F)F)ccc2O1. The maximum atomic E-state index is 13.6. The van der Waals surface area contributed by atoms with Crippen molar-refractivity contribution in [1.82, 2.24) is 0 Å². The van der Waals surface area contributed by atoms with Gasteiger partial charge in [-0.2, -0.15) is 13.2 Å². The highest BCUT2D eigenvalue weighted by atomic mass is 19.4. The van der Waals surface area contributed by atoms with E-state index >= 15 is 0 Å². The summed E-state index contributed by atoms with van der Waals surface area (Å²) in [5.41, 5.74) is -1.62. The van der Waals surface area contributed by atoms with Crippen molar-refractivity contribution in [2.24, 2.45) is 0 Å². The Bertz CT molecular complexity index is 976. The predicted molar refractivity (Wildman–Crippen MR) is 107 cm³/mol. The second kappa shape index (κ2) is 8.13. The van der Waals surface area contributed by atoms with Crippen LogP contribution in [0.2, 0.25) is 0 Å². The minimum Gasteiger partial charge on any atom is -0.530 e. The number of alkyl halides is 3. The van der Waals surface area contributed by atoms with Gasteiger partial charge in [0, 0.05) is 12.2 Å². The van der Waals surface area contributed by atoms with Crippen LogP contribution in [0.3, 0.4) is 0 Å². The molecule has 0 aromatic heterocycles. The third-order valence-electron chi connectivity index (χ3n) is 5.30. The van der Waals surface area contributed by atoms with Gasteiger partial charge in [0.2, 0.25) is 0 Å². The Balaban J connectivity index is 2.07. The zero-order valence-corrected chi connectivity index (χ0v) is 17.3. The van der Waals surface area contributed by atoms with Crippen molar-refractivity contribution < 1.29 is 32.6 Å². The van der Waals surface area contributed by atoms with Gasteiger partial charge in [-0.1, -0.05) is 30.3 Å². The number of carbonyl (C=O) groups is 2. The van der Waals surface area contributed by atoms with Gasteiger partial charge in [-0.15, -0.1) is 0 Å². The van der Waals surface area contributed by atoms with Crippen molar-refractivity contribution in [3.63, 3.8) is 0 Å². The molecule has 2 aromatic carbocycles. The first-order valence-corrected chi connectivity index (χ1v) is 9.60. The molecule has 0 radical (unpaired) electrons. The highest BCUT2D eigenvalue weighted by Gasteiger charge is 2.52. The molecule has 2 aromatic rings. The molecule has 0 bridgehead atoms. The summed E-state index contributed by atoms with van der Waals surface area (Å²) in [6, 6.07) is 13.2. The topological polar surface area (TPSA) is 72.9 Å². The van der Waals surface area contributed by atoms with Crippen molar-refractivity contribution >= 4 is 23.3 Å². The fourth-order valence-corrected chi connectivity index (χ4v) is 3.43. The molecule has 0 N–H and O–H groups in total. The summed E-state index contributed by atoms with van der Waals surface area (Å²) in [4.78, 5) is 25.6. The van der Waals surface area contributed by atoms with E-state index in [4.69, 9.17) is 4.74 Å². The third kappa shape index (κ3) is 4.45. The Morgan fingerprint density at radius 2 is 1.81 bits per heavy atom. The monoisotopic (exact) mass is 435 g/mol. The van der Waals surface area contributed by atoms with Crippen LogP contribution in [0.25, 0.3) is 0 Å². The molecular weight excluding hydrogens is 413 g/mol. The molecule has 0 aliphatic carbocycles. The Hall–Kier alpha value is -3.23. The highest BCUT2D eigenvalue weighted by Crippen LogP contribution is 2.42. The van der Waals surface area contributed by atoms with Crippen LogP contribution in [0.5, 0.6) is 5.75 Å². The number of hydrogen-bond acceptors (Lipinski definition) is 5. The predicted octanol–water partition coefficient (Wildman–Crippen LogP) is 3.53. The average molecular weight is 435 g/mol.